The number of rotatable bonds is 1. The van der Waals surface area contributed by atoms with E-state index < -0.39 is 8.07 Å². The van der Waals surface area contributed by atoms with E-state index in [1.165, 1.54) is 0 Å². The summed E-state index contributed by atoms with van der Waals surface area (Å²) in [5.74, 6) is 0. The van der Waals surface area contributed by atoms with Crippen LogP contribution in [0.3, 0.4) is 0 Å². The largest absolute Gasteiger partial charge is 0.158 e. The topological polar surface area (TPSA) is 25.8 Å². The Morgan fingerprint density at radius 3 is 2.40 bits per heavy atom. The maximum Gasteiger partial charge on any atom is 0.106 e. The third-order valence-corrected chi connectivity index (χ3v) is 4.63. The molecule has 0 bridgehead atoms. The van der Waals surface area contributed by atoms with Crippen molar-refractivity contribution in [3.05, 3.63) is 29.3 Å². The first-order valence-corrected chi connectivity index (χ1v) is 8.79. The molecule has 1 aromatic carbocycles. The zero-order chi connectivity index (χ0) is 11.1. The molecule has 0 amide bonds. The molecule has 0 atom stereocenters. The quantitative estimate of drug-likeness (QED) is 0.712. The van der Waals surface area contributed by atoms with Crippen molar-refractivity contribution in [2.45, 2.75) is 19.6 Å². The van der Waals surface area contributed by atoms with Crippen molar-refractivity contribution in [2.75, 3.05) is 0 Å². The minimum absolute atomic E-state index is 0.778. The van der Waals surface area contributed by atoms with Gasteiger partial charge in [0, 0.05) is 5.39 Å². The average molecular weight is 237 g/mol. The molecule has 0 aliphatic heterocycles. The van der Waals surface area contributed by atoms with Crippen molar-refractivity contribution in [1.29, 1.82) is 0 Å². The van der Waals surface area contributed by atoms with Crippen LogP contribution in [-0.2, 0) is 0 Å². The number of fused-ring (bicyclic) bond motifs is 1. The monoisotopic (exact) mass is 236 g/mol. The van der Waals surface area contributed by atoms with Gasteiger partial charge in [-0.1, -0.05) is 49.4 Å². The Kier molecular flexibility index (Phi) is 2.52. The average Bonchev–Trinajstić information content (AvgIpc) is 2.16. The summed E-state index contributed by atoms with van der Waals surface area (Å²) in [6, 6.07) is 7.85. The van der Waals surface area contributed by atoms with Crippen molar-refractivity contribution in [3.63, 3.8) is 0 Å². The highest BCUT2D eigenvalue weighted by atomic mass is 35.5. The van der Waals surface area contributed by atoms with E-state index in [0.29, 0.717) is 0 Å². The third-order valence-electron chi connectivity index (χ3n) is 2.32. The van der Waals surface area contributed by atoms with Gasteiger partial charge in [0.1, 0.15) is 8.07 Å². The summed E-state index contributed by atoms with van der Waals surface area (Å²) in [7, 11) is -1.50. The molecule has 2 rings (SSSR count). The van der Waals surface area contributed by atoms with E-state index in [1.54, 1.807) is 0 Å². The summed E-state index contributed by atoms with van der Waals surface area (Å²) in [5, 5.41) is 11.2. The lowest BCUT2D eigenvalue weighted by molar-refractivity contribution is 1.10. The highest BCUT2D eigenvalue weighted by molar-refractivity contribution is 6.89. The number of benzene rings is 1. The Bertz CT molecular complexity index is 505. The molecular formula is C11H13ClN2Si. The van der Waals surface area contributed by atoms with Crippen LogP contribution >= 0.6 is 11.6 Å². The minimum atomic E-state index is -1.50. The Morgan fingerprint density at radius 2 is 1.73 bits per heavy atom. The van der Waals surface area contributed by atoms with E-state index in [4.69, 9.17) is 11.6 Å². The lowest BCUT2D eigenvalue weighted by atomic mass is 10.2. The van der Waals surface area contributed by atoms with Crippen LogP contribution < -0.4 is 5.32 Å². The molecule has 0 unspecified atom stereocenters. The van der Waals surface area contributed by atoms with Crippen molar-refractivity contribution in [2.24, 2.45) is 0 Å². The molecule has 0 aliphatic rings. The van der Waals surface area contributed by atoms with Crippen LogP contribution in [-0.4, -0.2) is 18.3 Å². The summed E-state index contributed by atoms with van der Waals surface area (Å²) in [4.78, 5) is 0. The number of aromatic nitrogens is 2. The van der Waals surface area contributed by atoms with Crippen LogP contribution in [0.2, 0.25) is 24.7 Å². The molecule has 1 heterocycles. The van der Waals surface area contributed by atoms with Gasteiger partial charge < -0.3 is 0 Å². The molecule has 0 saturated heterocycles. The van der Waals surface area contributed by atoms with Crippen molar-refractivity contribution < 1.29 is 0 Å². The zero-order valence-corrected chi connectivity index (χ0v) is 10.8. The van der Waals surface area contributed by atoms with Crippen LogP contribution in [0.25, 0.3) is 10.9 Å². The van der Waals surface area contributed by atoms with Gasteiger partial charge in [0.25, 0.3) is 0 Å². The Labute approximate surface area is 95.3 Å². The fraction of sp³-hybridized carbons (Fsp3) is 0.273. The van der Waals surface area contributed by atoms with Crippen LogP contribution in [0.1, 0.15) is 0 Å². The molecule has 0 spiro atoms. The van der Waals surface area contributed by atoms with Gasteiger partial charge in [-0.3, -0.25) is 0 Å². The number of halogens is 1. The summed E-state index contributed by atoms with van der Waals surface area (Å²) in [6.45, 7) is 6.66. The number of hydrogen-bond acceptors (Lipinski definition) is 2. The van der Waals surface area contributed by atoms with Crippen molar-refractivity contribution in [1.82, 2.24) is 10.2 Å². The predicted octanol–water partition coefficient (Wildman–Crippen LogP) is 2.83. The normalized spacial score (nSPS) is 12.0. The summed E-state index contributed by atoms with van der Waals surface area (Å²) in [5.41, 5.74) is 0.865. The van der Waals surface area contributed by atoms with Crippen LogP contribution in [0, 0.1) is 0 Å². The molecule has 2 aromatic rings. The number of nitrogens with zero attached hydrogens (tertiary/aromatic N) is 2. The zero-order valence-electron chi connectivity index (χ0n) is 9.08. The lowest BCUT2D eigenvalue weighted by Gasteiger charge is -2.16. The van der Waals surface area contributed by atoms with Crippen LogP contribution in [0.15, 0.2) is 24.3 Å². The Morgan fingerprint density at radius 1 is 1.07 bits per heavy atom. The van der Waals surface area contributed by atoms with E-state index in [1.807, 2.05) is 24.3 Å². The van der Waals surface area contributed by atoms with E-state index in [0.717, 1.165) is 21.2 Å². The summed E-state index contributed by atoms with van der Waals surface area (Å²) in [6.07, 6.45) is 0. The first-order chi connectivity index (χ1) is 7.00. The molecule has 0 N–H and O–H groups in total. The second-order valence-corrected chi connectivity index (χ2v) is 9.98. The maximum atomic E-state index is 6.36. The van der Waals surface area contributed by atoms with Gasteiger partial charge in [-0.2, -0.15) is 10.2 Å². The second kappa shape index (κ2) is 3.58. The standard InChI is InChI=1S/C11H13ClN2Si/c1-15(2,3)11-10(12)8-6-4-5-7-9(8)13-14-11/h4-7H,1-3H3. The molecule has 0 saturated carbocycles. The van der Waals surface area contributed by atoms with Gasteiger partial charge in [-0.05, 0) is 6.07 Å². The first kappa shape index (κ1) is 10.6. The molecule has 1 aromatic heterocycles. The van der Waals surface area contributed by atoms with E-state index >= 15 is 0 Å². The van der Waals surface area contributed by atoms with Gasteiger partial charge in [0.2, 0.25) is 0 Å². The van der Waals surface area contributed by atoms with E-state index in [9.17, 15) is 0 Å². The molecule has 78 valence electrons. The fourth-order valence-corrected chi connectivity index (χ4v) is 3.69. The molecule has 15 heavy (non-hydrogen) atoms. The van der Waals surface area contributed by atoms with Gasteiger partial charge in [0.05, 0.1) is 15.9 Å². The highest BCUT2D eigenvalue weighted by Crippen LogP contribution is 2.20. The van der Waals surface area contributed by atoms with Crippen molar-refractivity contribution in [3.8, 4) is 0 Å². The van der Waals surface area contributed by atoms with E-state index in [-0.39, 0.29) is 0 Å². The minimum Gasteiger partial charge on any atom is -0.158 e. The van der Waals surface area contributed by atoms with Crippen LogP contribution in [0.5, 0.6) is 0 Å². The highest BCUT2D eigenvalue weighted by Gasteiger charge is 2.23. The third kappa shape index (κ3) is 1.89. The van der Waals surface area contributed by atoms with Gasteiger partial charge in [-0.15, -0.1) is 0 Å². The van der Waals surface area contributed by atoms with E-state index in [2.05, 4.69) is 29.8 Å². The first-order valence-electron chi connectivity index (χ1n) is 4.91. The smallest absolute Gasteiger partial charge is 0.106 e. The Hall–Kier alpha value is -0.933. The molecule has 0 radical (unpaired) electrons. The Balaban J connectivity index is 2.76. The maximum absolute atomic E-state index is 6.36. The van der Waals surface area contributed by atoms with Crippen molar-refractivity contribution >= 4 is 35.9 Å². The molecule has 4 heteroatoms. The molecular weight excluding hydrogens is 224 g/mol. The lowest BCUT2D eigenvalue weighted by Crippen LogP contribution is -2.41. The molecule has 2 nitrogen and oxygen atoms in total. The number of hydrogen-bond donors (Lipinski definition) is 0. The SMILES string of the molecule is C[Si](C)(C)c1nnc2ccccc2c1Cl. The van der Waals surface area contributed by atoms with Gasteiger partial charge >= 0.3 is 0 Å². The van der Waals surface area contributed by atoms with Gasteiger partial charge in [0.15, 0.2) is 0 Å². The summed E-state index contributed by atoms with van der Waals surface area (Å²) < 4.78 is 0. The molecule has 0 aliphatic carbocycles. The van der Waals surface area contributed by atoms with Crippen LogP contribution in [0.4, 0.5) is 0 Å². The van der Waals surface area contributed by atoms with Gasteiger partial charge in [-0.25, -0.2) is 0 Å². The summed E-state index contributed by atoms with van der Waals surface area (Å²) >= 11 is 6.36. The fourth-order valence-electron chi connectivity index (χ4n) is 1.50. The second-order valence-electron chi connectivity index (χ2n) is 4.63. The molecule has 0 fully saturated rings. The predicted molar refractivity (Wildman–Crippen MR) is 67.5 cm³/mol.